The molecule has 0 aromatic rings. The molecule has 92 valence electrons. The molecule has 3 rings (SSSR count). The van der Waals surface area contributed by atoms with Gasteiger partial charge in [0, 0.05) is 6.42 Å². The summed E-state index contributed by atoms with van der Waals surface area (Å²) in [5.74, 6) is 2.21. The molecular formula is C13H22FNO. The lowest BCUT2D eigenvalue weighted by atomic mass is 9.72. The third-order valence-corrected chi connectivity index (χ3v) is 4.82. The standard InChI is InChI=1S/C13H22FNO/c14-10-1-2-11-12(8-16-13(11)7-10)9-3-5-15-6-4-9/h9-13,15H,1-8H2. The lowest BCUT2D eigenvalue weighted by Gasteiger charge is -2.34. The number of rotatable bonds is 1. The molecule has 2 saturated heterocycles. The minimum atomic E-state index is -0.604. The first-order chi connectivity index (χ1) is 7.84. The molecule has 2 heterocycles. The predicted octanol–water partition coefficient (Wildman–Crippen LogP) is 2.14. The van der Waals surface area contributed by atoms with E-state index >= 15 is 0 Å². The van der Waals surface area contributed by atoms with E-state index in [1.165, 1.54) is 12.8 Å². The molecule has 4 unspecified atom stereocenters. The Kier molecular flexibility index (Phi) is 3.16. The fourth-order valence-corrected chi connectivity index (χ4v) is 3.90. The molecule has 0 radical (unpaired) electrons. The topological polar surface area (TPSA) is 21.3 Å². The number of ether oxygens (including phenoxy) is 1. The van der Waals surface area contributed by atoms with Crippen LogP contribution < -0.4 is 5.32 Å². The second kappa shape index (κ2) is 4.61. The Morgan fingerprint density at radius 2 is 1.81 bits per heavy atom. The molecule has 0 aromatic carbocycles. The fraction of sp³-hybridized carbons (Fsp3) is 1.00. The average molecular weight is 227 g/mol. The fourth-order valence-electron chi connectivity index (χ4n) is 3.90. The molecule has 0 amide bonds. The van der Waals surface area contributed by atoms with Gasteiger partial charge in [-0.05, 0) is 56.5 Å². The number of alkyl halides is 1. The van der Waals surface area contributed by atoms with Gasteiger partial charge in [-0.3, -0.25) is 0 Å². The third kappa shape index (κ3) is 2.00. The SMILES string of the molecule is FC1CCC2C(C1)OCC2C1CCNCC1. The van der Waals surface area contributed by atoms with Crippen molar-refractivity contribution in [1.82, 2.24) is 5.32 Å². The van der Waals surface area contributed by atoms with Gasteiger partial charge in [-0.1, -0.05) is 0 Å². The number of hydrogen-bond donors (Lipinski definition) is 1. The maximum absolute atomic E-state index is 13.3. The van der Waals surface area contributed by atoms with Crippen LogP contribution >= 0.6 is 0 Å². The highest BCUT2D eigenvalue weighted by Crippen LogP contribution is 2.44. The van der Waals surface area contributed by atoms with Gasteiger partial charge < -0.3 is 10.1 Å². The number of fused-ring (bicyclic) bond motifs is 1. The Morgan fingerprint density at radius 3 is 2.62 bits per heavy atom. The van der Waals surface area contributed by atoms with Crippen molar-refractivity contribution < 1.29 is 9.13 Å². The molecule has 0 spiro atoms. The van der Waals surface area contributed by atoms with Gasteiger partial charge in [0.25, 0.3) is 0 Å². The Balaban J connectivity index is 1.64. The van der Waals surface area contributed by atoms with Gasteiger partial charge in [0.2, 0.25) is 0 Å². The summed E-state index contributed by atoms with van der Waals surface area (Å²) in [5, 5.41) is 3.42. The number of nitrogens with one attached hydrogen (secondary N) is 1. The smallest absolute Gasteiger partial charge is 0.103 e. The number of piperidine rings is 1. The maximum Gasteiger partial charge on any atom is 0.103 e. The van der Waals surface area contributed by atoms with Crippen molar-refractivity contribution in [3.05, 3.63) is 0 Å². The van der Waals surface area contributed by atoms with Crippen molar-refractivity contribution in [2.24, 2.45) is 17.8 Å². The highest BCUT2D eigenvalue weighted by molar-refractivity contribution is 4.93. The number of hydrogen-bond acceptors (Lipinski definition) is 2. The molecule has 0 bridgehead atoms. The summed E-state index contributed by atoms with van der Waals surface area (Å²) in [4.78, 5) is 0. The third-order valence-electron chi connectivity index (χ3n) is 4.82. The van der Waals surface area contributed by atoms with Gasteiger partial charge in [0.15, 0.2) is 0 Å². The summed E-state index contributed by atoms with van der Waals surface area (Å²) in [6, 6.07) is 0. The highest BCUT2D eigenvalue weighted by Gasteiger charge is 2.44. The molecule has 1 saturated carbocycles. The van der Waals surface area contributed by atoms with Crippen LogP contribution in [0, 0.1) is 17.8 Å². The van der Waals surface area contributed by atoms with Gasteiger partial charge in [0.1, 0.15) is 6.17 Å². The van der Waals surface area contributed by atoms with E-state index in [1.54, 1.807) is 0 Å². The second-order valence-corrected chi connectivity index (χ2v) is 5.70. The summed E-state index contributed by atoms with van der Waals surface area (Å²) in [6.07, 6.45) is 4.70. The van der Waals surface area contributed by atoms with Gasteiger partial charge in [-0.15, -0.1) is 0 Å². The van der Waals surface area contributed by atoms with Crippen LogP contribution in [0.15, 0.2) is 0 Å². The normalized spacial score (nSPS) is 45.6. The van der Waals surface area contributed by atoms with Crippen LogP contribution in [-0.2, 0) is 4.74 Å². The highest BCUT2D eigenvalue weighted by atomic mass is 19.1. The van der Waals surface area contributed by atoms with Gasteiger partial charge in [0.05, 0.1) is 12.7 Å². The van der Waals surface area contributed by atoms with E-state index in [4.69, 9.17) is 4.74 Å². The van der Waals surface area contributed by atoms with Crippen LogP contribution in [0.25, 0.3) is 0 Å². The first kappa shape index (κ1) is 11.0. The minimum Gasteiger partial charge on any atom is -0.377 e. The van der Waals surface area contributed by atoms with Crippen molar-refractivity contribution in [2.45, 2.75) is 44.4 Å². The summed E-state index contributed by atoms with van der Waals surface area (Å²) >= 11 is 0. The molecule has 4 atom stereocenters. The van der Waals surface area contributed by atoms with Crippen molar-refractivity contribution in [2.75, 3.05) is 19.7 Å². The first-order valence-corrected chi connectivity index (χ1v) is 6.81. The van der Waals surface area contributed by atoms with Crippen LogP contribution in [0.2, 0.25) is 0 Å². The molecule has 1 N–H and O–H groups in total. The average Bonchev–Trinajstić information content (AvgIpc) is 2.73. The van der Waals surface area contributed by atoms with E-state index in [0.29, 0.717) is 12.3 Å². The monoisotopic (exact) mass is 227 g/mol. The van der Waals surface area contributed by atoms with E-state index in [2.05, 4.69) is 5.32 Å². The van der Waals surface area contributed by atoms with Crippen molar-refractivity contribution in [3.8, 4) is 0 Å². The maximum atomic E-state index is 13.3. The van der Waals surface area contributed by atoms with Crippen molar-refractivity contribution in [3.63, 3.8) is 0 Å². The largest absolute Gasteiger partial charge is 0.377 e. The van der Waals surface area contributed by atoms with Crippen LogP contribution in [0.3, 0.4) is 0 Å². The zero-order chi connectivity index (χ0) is 11.0. The zero-order valence-electron chi connectivity index (χ0n) is 9.83. The molecule has 3 heteroatoms. The van der Waals surface area contributed by atoms with Gasteiger partial charge >= 0.3 is 0 Å². The van der Waals surface area contributed by atoms with Gasteiger partial charge in [-0.25, -0.2) is 4.39 Å². The van der Waals surface area contributed by atoms with Crippen molar-refractivity contribution >= 4 is 0 Å². The van der Waals surface area contributed by atoms with E-state index in [0.717, 1.165) is 44.4 Å². The molecule has 2 aliphatic heterocycles. The van der Waals surface area contributed by atoms with E-state index in [9.17, 15) is 4.39 Å². The Hall–Kier alpha value is -0.150. The van der Waals surface area contributed by atoms with E-state index in [-0.39, 0.29) is 6.10 Å². The number of halogens is 1. The second-order valence-electron chi connectivity index (χ2n) is 5.70. The quantitative estimate of drug-likeness (QED) is 0.741. The van der Waals surface area contributed by atoms with Crippen molar-refractivity contribution in [1.29, 1.82) is 0 Å². The first-order valence-electron chi connectivity index (χ1n) is 6.81. The molecule has 3 aliphatic rings. The summed E-state index contributed by atoms with van der Waals surface area (Å²) in [6.45, 7) is 3.21. The van der Waals surface area contributed by atoms with Crippen LogP contribution in [0.1, 0.15) is 32.1 Å². The van der Waals surface area contributed by atoms with E-state index < -0.39 is 6.17 Å². The van der Waals surface area contributed by atoms with Crippen LogP contribution in [-0.4, -0.2) is 32.0 Å². The zero-order valence-corrected chi connectivity index (χ0v) is 9.83. The Labute approximate surface area is 96.9 Å². The minimum absolute atomic E-state index is 0.239. The summed E-state index contributed by atoms with van der Waals surface area (Å²) < 4.78 is 19.1. The lowest BCUT2D eigenvalue weighted by molar-refractivity contribution is 0.0354. The lowest BCUT2D eigenvalue weighted by Crippen LogP contribution is -2.37. The summed E-state index contributed by atoms with van der Waals surface area (Å²) in [7, 11) is 0. The molecular weight excluding hydrogens is 205 g/mol. The molecule has 2 nitrogen and oxygen atoms in total. The van der Waals surface area contributed by atoms with Crippen LogP contribution in [0.5, 0.6) is 0 Å². The van der Waals surface area contributed by atoms with Gasteiger partial charge in [-0.2, -0.15) is 0 Å². The van der Waals surface area contributed by atoms with Crippen LogP contribution in [0.4, 0.5) is 4.39 Å². The Bertz CT molecular complexity index is 242. The molecule has 3 fully saturated rings. The van der Waals surface area contributed by atoms with E-state index in [1.807, 2.05) is 0 Å². The summed E-state index contributed by atoms with van der Waals surface area (Å²) in [5.41, 5.74) is 0. The molecule has 16 heavy (non-hydrogen) atoms. The molecule has 0 aromatic heterocycles. The predicted molar refractivity (Wildman–Crippen MR) is 61.1 cm³/mol. The molecule has 1 aliphatic carbocycles. The Morgan fingerprint density at radius 1 is 1.00 bits per heavy atom.